The number of hydrogen-bond donors (Lipinski definition) is 0. The van der Waals surface area contributed by atoms with Crippen molar-refractivity contribution in [3.63, 3.8) is 0 Å². The molecule has 0 nitrogen and oxygen atoms in total. The van der Waals surface area contributed by atoms with Crippen molar-refractivity contribution in [1.82, 2.24) is 0 Å². The monoisotopic (exact) mass is 302 g/mol. The van der Waals surface area contributed by atoms with E-state index in [4.69, 9.17) is 39.2 Å². The van der Waals surface area contributed by atoms with E-state index in [0.717, 1.165) is 11.1 Å². The molecule has 2 rings (SSSR count). The van der Waals surface area contributed by atoms with Crippen molar-refractivity contribution in [3.05, 3.63) is 28.8 Å². The Balaban J connectivity index is 2.92. The first kappa shape index (κ1) is 19.1. The largest absolute Gasteiger partial charge is 0.113 e. The second kappa shape index (κ2) is 6.94. The molecule has 0 amide bonds. The van der Waals surface area contributed by atoms with Gasteiger partial charge in [0, 0.05) is 0 Å². The predicted molar refractivity (Wildman–Crippen MR) is 112 cm³/mol. The molecule has 0 aliphatic heterocycles. The Labute approximate surface area is 153 Å². The summed E-state index contributed by atoms with van der Waals surface area (Å²) in [6, 6.07) is 4.38. The Morgan fingerprint density at radius 1 is 0.667 bits per heavy atom. The molecule has 0 fully saturated rings. The van der Waals surface area contributed by atoms with Gasteiger partial charge in [0.1, 0.15) is 39.2 Å². The van der Waals surface area contributed by atoms with E-state index in [1.165, 1.54) is 11.1 Å². The average molecular weight is 301 g/mol. The molecular formula is C19H19B5. The minimum absolute atomic E-state index is 0.246. The van der Waals surface area contributed by atoms with E-state index in [1.54, 1.807) is 0 Å². The first-order valence-corrected chi connectivity index (χ1v) is 8.23. The van der Waals surface area contributed by atoms with Gasteiger partial charge in [0.15, 0.2) is 0 Å². The molecule has 110 valence electrons. The molecule has 0 spiro atoms. The van der Waals surface area contributed by atoms with Crippen LogP contribution in [0.25, 0.3) is 11.1 Å². The summed E-state index contributed by atoms with van der Waals surface area (Å²) in [6.45, 7) is 10.8. The van der Waals surface area contributed by atoms with Crippen molar-refractivity contribution in [2.45, 2.75) is 46.5 Å². The third-order valence-corrected chi connectivity index (χ3v) is 4.73. The molecule has 0 unspecified atom stereocenters. The van der Waals surface area contributed by atoms with Crippen LogP contribution in [0.5, 0.6) is 0 Å². The molecule has 0 bridgehead atoms. The number of rotatable bonds is 3. The van der Waals surface area contributed by atoms with E-state index in [2.05, 4.69) is 46.8 Å². The quantitative estimate of drug-likeness (QED) is 0.694. The lowest BCUT2D eigenvalue weighted by molar-refractivity contribution is 0.828. The molecular weight excluding hydrogens is 282 g/mol. The summed E-state index contributed by atoms with van der Waals surface area (Å²) < 4.78 is 0. The Hall–Kier alpha value is -1.24. The van der Waals surface area contributed by atoms with Crippen LogP contribution in [0.15, 0.2) is 12.1 Å². The maximum Gasteiger partial charge on any atom is 0.113 e. The van der Waals surface area contributed by atoms with Crippen LogP contribution in [0.1, 0.15) is 56.2 Å². The average Bonchev–Trinajstić information content (AvgIpc) is 2.52. The SMILES string of the molecule is [B]c1c([B])c([B])c(-c2cc(C(C)C)cc(C(C)C)c2C)c([B])c1[B]. The highest BCUT2D eigenvalue weighted by molar-refractivity contribution is 6.68. The Kier molecular flexibility index (Phi) is 5.52. The van der Waals surface area contributed by atoms with Gasteiger partial charge in [-0.05, 0) is 46.6 Å². The van der Waals surface area contributed by atoms with Crippen LogP contribution in [0.2, 0.25) is 0 Å². The van der Waals surface area contributed by atoms with Gasteiger partial charge in [0.05, 0.1) is 0 Å². The fourth-order valence-electron chi connectivity index (χ4n) is 3.09. The van der Waals surface area contributed by atoms with Crippen molar-refractivity contribution in [2.24, 2.45) is 0 Å². The lowest BCUT2D eigenvalue weighted by Gasteiger charge is -2.25. The van der Waals surface area contributed by atoms with E-state index < -0.39 is 0 Å². The molecule has 0 aliphatic carbocycles. The molecule has 0 aromatic heterocycles. The normalized spacial score (nSPS) is 11.5. The highest BCUT2D eigenvalue weighted by atomic mass is 14.2. The number of hydrogen-bond acceptors (Lipinski definition) is 0. The van der Waals surface area contributed by atoms with Crippen LogP contribution in [0, 0.1) is 6.92 Å². The van der Waals surface area contributed by atoms with E-state index in [0.29, 0.717) is 28.3 Å². The topological polar surface area (TPSA) is 0 Å². The van der Waals surface area contributed by atoms with Crippen LogP contribution in [-0.4, -0.2) is 39.2 Å². The molecule has 2 aromatic rings. The van der Waals surface area contributed by atoms with Gasteiger partial charge in [-0.3, -0.25) is 0 Å². The van der Waals surface area contributed by atoms with Gasteiger partial charge in [-0.15, -0.1) is 16.4 Å². The van der Waals surface area contributed by atoms with Crippen LogP contribution < -0.4 is 27.3 Å². The van der Waals surface area contributed by atoms with Gasteiger partial charge < -0.3 is 0 Å². The minimum Gasteiger partial charge on any atom is -0.112 e. The highest BCUT2D eigenvalue weighted by Gasteiger charge is 2.18. The summed E-state index contributed by atoms with van der Waals surface area (Å²) in [5.74, 6) is 0.765. The van der Waals surface area contributed by atoms with Crippen molar-refractivity contribution < 1.29 is 0 Å². The van der Waals surface area contributed by atoms with Gasteiger partial charge in [-0.25, -0.2) is 0 Å². The molecule has 24 heavy (non-hydrogen) atoms. The van der Waals surface area contributed by atoms with Gasteiger partial charge in [-0.2, -0.15) is 0 Å². The highest BCUT2D eigenvalue weighted by Crippen LogP contribution is 2.31. The summed E-state index contributed by atoms with van der Waals surface area (Å²) in [7, 11) is 30.5. The first-order chi connectivity index (χ1) is 11.1. The van der Waals surface area contributed by atoms with Gasteiger partial charge >= 0.3 is 0 Å². The molecule has 0 aliphatic rings. The minimum atomic E-state index is 0.246. The van der Waals surface area contributed by atoms with E-state index in [1.807, 2.05) is 0 Å². The third-order valence-electron chi connectivity index (χ3n) is 4.73. The maximum atomic E-state index is 6.27. The summed E-state index contributed by atoms with van der Waals surface area (Å²) in [4.78, 5) is 0. The van der Waals surface area contributed by atoms with Crippen molar-refractivity contribution in [2.75, 3.05) is 0 Å². The van der Waals surface area contributed by atoms with E-state index >= 15 is 0 Å². The predicted octanol–water partition coefficient (Wildman–Crippen LogP) is -0.122. The second-order valence-corrected chi connectivity index (χ2v) is 7.04. The van der Waals surface area contributed by atoms with Crippen LogP contribution in [0.3, 0.4) is 0 Å². The van der Waals surface area contributed by atoms with Crippen molar-refractivity contribution in [3.8, 4) is 11.1 Å². The summed E-state index contributed by atoms with van der Waals surface area (Å²) in [5, 5.41) is 0. The Bertz CT molecular complexity index is 762. The molecule has 2 aromatic carbocycles. The smallest absolute Gasteiger partial charge is 0.112 e. The van der Waals surface area contributed by atoms with Crippen LogP contribution >= 0.6 is 0 Å². The molecule has 0 atom stereocenters. The number of benzene rings is 2. The van der Waals surface area contributed by atoms with Crippen LogP contribution in [0.4, 0.5) is 0 Å². The molecule has 0 saturated carbocycles. The standard InChI is InChI=1S/C19H19B5/c1-8(2)11-6-12(9(3)4)10(5)13(7-11)14-15(20)17(22)19(24)18(23)16(14)21/h6-9H,1-5H3. The van der Waals surface area contributed by atoms with E-state index in [9.17, 15) is 0 Å². The lowest BCUT2D eigenvalue weighted by Crippen LogP contribution is -2.55. The zero-order valence-electron chi connectivity index (χ0n) is 15.2. The van der Waals surface area contributed by atoms with E-state index in [-0.39, 0.29) is 16.4 Å². The Morgan fingerprint density at radius 3 is 1.54 bits per heavy atom. The third kappa shape index (κ3) is 3.15. The second-order valence-electron chi connectivity index (χ2n) is 7.04. The molecule has 0 heterocycles. The molecule has 5 heteroatoms. The van der Waals surface area contributed by atoms with Crippen molar-refractivity contribution in [1.29, 1.82) is 0 Å². The Morgan fingerprint density at radius 2 is 1.12 bits per heavy atom. The van der Waals surface area contributed by atoms with Crippen LogP contribution in [-0.2, 0) is 0 Å². The first-order valence-electron chi connectivity index (χ1n) is 8.23. The zero-order chi connectivity index (χ0) is 18.3. The fourth-order valence-corrected chi connectivity index (χ4v) is 3.09. The fraction of sp³-hybridized carbons (Fsp3) is 0.368. The van der Waals surface area contributed by atoms with Gasteiger partial charge in [0.2, 0.25) is 0 Å². The zero-order valence-corrected chi connectivity index (χ0v) is 15.2. The molecule has 0 saturated heterocycles. The summed E-state index contributed by atoms with van der Waals surface area (Å²) in [6.07, 6.45) is 0. The molecule has 10 radical (unpaired) electrons. The van der Waals surface area contributed by atoms with Crippen molar-refractivity contribution >= 4 is 66.5 Å². The summed E-state index contributed by atoms with van der Waals surface area (Å²) in [5.41, 5.74) is 6.88. The summed E-state index contributed by atoms with van der Waals surface area (Å²) >= 11 is 0. The molecule has 0 N–H and O–H groups in total. The maximum absolute atomic E-state index is 6.27. The lowest BCUT2D eigenvalue weighted by atomic mass is 9.59. The van der Waals surface area contributed by atoms with Gasteiger partial charge in [-0.1, -0.05) is 50.8 Å². The van der Waals surface area contributed by atoms with Gasteiger partial charge in [0.25, 0.3) is 0 Å².